The van der Waals surface area contributed by atoms with Gasteiger partial charge in [-0.05, 0) is 205 Å². The molecule has 0 N–H and O–H groups in total. The molecule has 3 heterocycles. The zero-order valence-corrected chi connectivity index (χ0v) is 67.9. The van der Waals surface area contributed by atoms with Crippen molar-refractivity contribution in [2.45, 2.75) is 176 Å². The summed E-state index contributed by atoms with van der Waals surface area (Å²) in [7, 11) is 0. The molecule has 0 fully saturated rings. The van der Waals surface area contributed by atoms with Crippen molar-refractivity contribution >= 4 is 57.2 Å². The summed E-state index contributed by atoms with van der Waals surface area (Å²) in [6.45, 7) is 47.0. The van der Waals surface area contributed by atoms with Crippen LogP contribution in [0.1, 0.15) is 183 Å². The van der Waals surface area contributed by atoms with Crippen LogP contribution in [0.2, 0.25) is 0 Å². The lowest BCUT2D eigenvalue weighted by atomic mass is 9.33. The van der Waals surface area contributed by atoms with Crippen LogP contribution in [0.25, 0.3) is 77.9 Å². The molecule has 3 aliphatic heterocycles. The molecule has 0 saturated carbocycles. The van der Waals surface area contributed by atoms with Crippen molar-refractivity contribution in [3.63, 3.8) is 0 Å². The van der Waals surface area contributed by atoms with Crippen molar-refractivity contribution in [2.24, 2.45) is 0 Å². The second-order valence-electron chi connectivity index (χ2n) is 37.9. The minimum absolute atomic E-state index is 0.111. The molecule has 16 rings (SSSR count). The molecule has 0 spiro atoms. The maximum absolute atomic E-state index is 6.96. The summed E-state index contributed by atoms with van der Waals surface area (Å²) < 4.78 is 6.96. The minimum Gasteiger partial charge on any atom is -0.457 e. The molecule has 109 heavy (non-hydrogen) atoms. The van der Waals surface area contributed by atoms with E-state index in [0.29, 0.717) is 0 Å². The van der Waals surface area contributed by atoms with Crippen LogP contribution in [-0.2, 0) is 37.9 Å². The van der Waals surface area contributed by atoms with Gasteiger partial charge in [-0.25, -0.2) is 0 Å². The first kappa shape index (κ1) is 72.5. The molecule has 0 bridgehead atoms. The fourth-order valence-electron chi connectivity index (χ4n) is 16.9. The van der Waals surface area contributed by atoms with Gasteiger partial charge in [-0.2, -0.15) is 0 Å². The monoisotopic (exact) mass is 1420 g/mol. The summed E-state index contributed by atoms with van der Waals surface area (Å²) in [6.07, 6.45) is 0. The molecule has 0 unspecified atom stereocenters. The molecule has 0 saturated heterocycles. The Morgan fingerprint density at radius 2 is 0.532 bits per heavy atom. The van der Waals surface area contributed by atoms with Gasteiger partial charge in [0, 0.05) is 61.5 Å². The molecule has 3 aliphatic rings. The van der Waals surface area contributed by atoms with Crippen LogP contribution < -0.4 is 30.9 Å². The standard InChI is InChI=1S/C105H105BN2O/c1-99(2,3)76-51-73(52-77(60-76)100(4,5)6)71-45-48-88-90(56-71)107(97-82(66-35-25-21-26-36-66)62-80(103(13,14)15)63-83(97)67-37-27-22-28-38-67)92-58-75(70-47-50-95-87(55-70)105(19,20)86-43-33-34-44-94(86)109-95)59-93-96(92)106(88)89-49-46-72(74-53-78(101(7,8)9)61-79(54-74)102(10,11)12)57-91(89)108(93)98-84(68-39-29-23-30-40-68)64-81(104(16,17)18)65-85(98)69-41-31-24-32-42-69/h21-65H,1-20H3. The van der Waals surface area contributed by atoms with Crippen molar-refractivity contribution in [3.05, 3.63) is 317 Å². The van der Waals surface area contributed by atoms with Crippen molar-refractivity contribution in [3.8, 4) is 89.4 Å². The Kier molecular flexibility index (Phi) is 17.5. The minimum atomic E-state index is -0.390. The van der Waals surface area contributed by atoms with Crippen molar-refractivity contribution in [1.82, 2.24) is 0 Å². The molecule has 13 aromatic carbocycles. The van der Waals surface area contributed by atoms with Crippen molar-refractivity contribution in [2.75, 3.05) is 9.80 Å². The molecule has 0 aromatic heterocycles. The van der Waals surface area contributed by atoms with Gasteiger partial charge in [0.05, 0.1) is 11.4 Å². The van der Waals surface area contributed by atoms with Crippen molar-refractivity contribution < 1.29 is 4.74 Å². The van der Waals surface area contributed by atoms with E-state index in [1.807, 2.05) is 0 Å². The first-order chi connectivity index (χ1) is 51.6. The summed E-state index contributed by atoms with van der Waals surface area (Å²) in [6, 6.07) is 106. The molecule has 0 radical (unpaired) electrons. The molecular weight excluding hydrogens is 1320 g/mol. The first-order valence-corrected chi connectivity index (χ1v) is 39.5. The number of anilines is 6. The molecule has 0 atom stereocenters. The number of nitrogens with zero attached hydrogens (tertiary/aromatic N) is 2. The van der Waals surface area contributed by atoms with Gasteiger partial charge >= 0.3 is 0 Å². The van der Waals surface area contributed by atoms with Crippen molar-refractivity contribution in [1.29, 1.82) is 0 Å². The summed E-state index contributed by atoms with van der Waals surface area (Å²) in [4.78, 5) is 5.49. The highest BCUT2D eigenvalue weighted by Crippen LogP contribution is 2.57. The quantitative estimate of drug-likeness (QED) is 0.134. The Bertz CT molecular complexity index is 5240. The number of hydrogen-bond donors (Lipinski definition) is 0. The first-order valence-electron chi connectivity index (χ1n) is 39.5. The molecule has 544 valence electrons. The average molecular weight is 1420 g/mol. The fourth-order valence-corrected chi connectivity index (χ4v) is 16.9. The Balaban J connectivity index is 1.13. The third-order valence-electron chi connectivity index (χ3n) is 23.6. The molecule has 0 aliphatic carbocycles. The van der Waals surface area contributed by atoms with Crippen LogP contribution in [0.15, 0.2) is 273 Å². The Morgan fingerprint density at radius 1 is 0.248 bits per heavy atom. The van der Waals surface area contributed by atoms with E-state index in [1.54, 1.807) is 0 Å². The molecule has 13 aromatic rings. The van der Waals surface area contributed by atoms with Crippen LogP contribution in [0.4, 0.5) is 34.1 Å². The second kappa shape index (κ2) is 26.3. The summed E-state index contributed by atoms with van der Waals surface area (Å²) in [5.74, 6) is 1.78. The Labute approximate surface area is 650 Å². The average Bonchev–Trinajstić information content (AvgIpc) is 0.684. The van der Waals surface area contributed by atoms with Crippen LogP contribution in [0.3, 0.4) is 0 Å². The molecule has 0 amide bonds. The predicted molar refractivity (Wildman–Crippen MR) is 469 cm³/mol. The smallest absolute Gasteiger partial charge is 0.252 e. The van der Waals surface area contributed by atoms with Gasteiger partial charge in [-0.1, -0.05) is 345 Å². The summed E-state index contributed by atoms with van der Waals surface area (Å²) in [5, 5.41) is 0. The van der Waals surface area contributed by atoms with E-state index in [-0.39, 0.29) is 39.2 Å². The lowest BCUT2D eigenvalue weighted by molar-refractivity contribution is 0.418. The van der Waals surface area contributed by atoms with Gasteiger partial charge in [0.1, 0.15) is 11.5 Å². The van der Waals surface area contributed by atoms with E-state index in [1.165, 1.54) is 77.6 Å². The van der Waals surface area contributed by atoms with Crippen LogP contribution in [0.5, 0.6) is 11.5 Å². The van der Waals surface area contributed by atoms with Crippen LogP contribution >= 0.6 is 0 Å². The third kappa shape index (κ3) is 13.2. The lowest BCUT2D eigenvalue weighted by Crippen LogP contribution is -2.61. The summed E-state index contributed by atoms with van der Waals surface area (Å²) in [5.41, 5.74) is 35.6. The number of hydrogen-bond acceptors (Lipinski definition) is 3. The van der Waals surface area contributed by atoms with E-state index < -0.39 is 5.41 Å². The SMILES string of the molecule is CC(C)(C)c1cc(-c2ccc3c(c2)N(c2c(-c4ccccc4)cc(C(C)(C)C)cc2-c2ccccc2)c2cc(-c4ccc5c(c4)C(C)(C)c4ccccc4O5)cc4c2B3c2ccc(-c3cc(C(C)(C)C)cc(C(C)(C)C)c3)cc2N4c2c(-c3ccccc3)cc(C(C)(C)C)cc2-c2ccccc2)cc(C(C)(C)C)c1. The topological polar surface area (TPSA) is 15.7 Å². The molecule has 3 nitrogen and oxygen atoms in total. The predicted octanol–water partition coefficient (Wildman–Crippen LogP) is 27.7. The molecular formula is C105H105BN2O. The van der Waals surface area contributed by atoms with E-state index >= 15 is 0 Å². The van der Waals surface area contributed by atoms with E-state index in [0.717, 1.165) is 107 Å². The van der Waals surface area contributed by atoms with Gasteiger partial charge < -0.3 is 14.5 Å². The van der Waals surface area contributed by atoms with Crippen LogP contribution in [0, 0.1) is 0 Å². The maximum atomic E-state index is 6.96. The zero-order chi connectivity index (χ0) is 76.8. The maximum Gasteiger partial charge on any atom is 0.252 e. The van der Waals surface area contributed by atoms with Crippen LogP contribution in [-0.4, -0.2) is 6.71 Å². The number of fused-ring (bicyclic) bond motifs is 6. The van der Waals surface area contributed by atoms with E-state index in [2.05, 4.69) is 421 Å². The fraction of sp³-hybridized carbons (Fsp3) is 0.257. The van der Waals surface area contributed by atoms with E-state index in [9.17, 15) is 0 Å². The van der Waals surface area contributed by atoms with Gasteiger partial charge in [0.15, 0.2) is 0 Å². The number of rotatable bonds is 9. The Hall–Kier alpha value is -10.7. The number of benzene rings is 13. The number of para-hydroxylation sites is 1. The second-order valence-corrected chi connectivity index (χ2v) is 37.9. The van der Waals surface area contributed by atoms with Gasteiger partial charge in [-0.15, -0.1) is 0 Å². The van der Waals surface area contributed by atoms with Gasteiger partial charge in [-0.3, -0.25) is 0 Å². The highest BCUT2D eigenvalue weighted by molar-refractivity contribution is 7.00. The number of ether oxygens (including phenoxy) is 1. The summed E-state index contributed by atoms with van der Waals surface area (Å²) >= 11 is 0. The highest BCUT2D eigenvalue weighted by Gasteiger charge is 2.47. The lowest BCUT2D eigenvalue weighted by Gasteiger charge is -2.46. The Morgan fingerprint density at radius 3 is 0.881 bits per heavy atom. The largest absolute Gasteiger partial charge is 0.457 e. The van der Waals surface area contributed by atoms with Gasteiger partial charge in [0.2, 0.25) is 0 Å². The third-order valence-corrected chi connectivity index (χ3v) is 23.6. The highest BCUT2D eigenvalue weighted by atomic mass is 16.5. The molecule has 4 heteroatoms. The van der Waals surface area contributed by atoms with E-state index in [4.69, 9.17) is 4.74 Å². The normalized spacial score (nSPS) is 14.0. The zero-order valence-electron chi connectivity index (χ0n) is 67.9. The van der Waals surface area contributed by atoms with Gasteiger partial charge in [0.25, 0.3) is 6.71 Å².